The van der Waals surface area contributed by atoms with Gasteiger partial charge in [0.1, 0.15) is 5.76 Å². The Morgan fingerprint density at radius 2 is 1.80 bits per heavy atom. The van der Waals surface area contributed by atoms with Gasteiger partial charge in [-0.3, -0.25) is 10.1 Å². The van der Waals surface area contributed by atoms with E-state index in [0.29, 0.717) is 22.5 Å². The molecule has 1 heterocycles. The van der Waals surface area contributed by atoms with E-state index in [-0.39, 0.29) is 5.69 Å². The van der Waals surface area contributed by atoms with E-state index >= 15 is 0 Å². The van der Waals surface area contributed by atoms with Crippen LogP contribution in [0, 0.1) is 30.9 Å². The molecule has 0 fully saturated rings. The summed E-state index contributed by atoms with van der Waals surface area (Å²) in [7, 11) is 0. The number of hydrogen-bond donors (Lipinski definition) is 0. The van der Waals surface area contributed by atoms with E-state index in [1.54, 1.807) is 31.2 Å². The summed E-state index contributed by atoms with van der Waals surface area (Å²) in [6.45, 7) is 5.64. The van der Waals surface area contributed by atoms with Gasteiger partial charge in [-0.1, -0.05) is 35.9 Å². The summed E-state index contributed by atoms with van der Waals surface area (Å²) in [5.74, 6) is 0.0357. The molecule has 5 nitrogen and oxygen atoms in total. The fourth-order valence-electron chi connectivity index (χ4n) is 2.80. The SMILES string of the molecule is Cc1ccc(C2=C/C(=C/c3ccc(C)c([N+](=O)[O-])c3)C(=O)O2)c(C)c1. The Hall–Kier alpha value is -3.21. The summed E-state index contributed by atoms with van der Waals surface area (Å²) in [5.41, 5.74) is 4.57. The van der Waals surface area contributed by atoms with Gasteiger partial charge in [-0.15, -0.1) is 0 Å². The van der Waals surface area contributed by atoms with Crippen molar-refractivity contribution in [2.45, 2.75) is 20.8 Å². The lowest BCUT2D eigenvalue weighted by atomic mass is 10.0. The summed E-state index contributed by atoms with van der Waals surface area (Å²) in [6.07, 6.45) is 3.27. The van der Waals surface area contributed by atoms with Crippen LogP contribution in [0.5, 0.6) is 0 Å². The second kappa shape index (κ2) is 6.36. The average molecular weight is 335 g/mol. The van der Waals surface area contributed by atoms with Crippen LogP contribution in [0.4, 0.5) is 5.69 Å². The molecule has 2 aromatic carbocycles. The molecule has 0 N–H and O–H groups in total. The van der Waals surface area contributed by atoms with E-state index in [1.165, 1.54) is 6.07 Å². The maximum absolute atomic E-state index is 12.1. The molecule has 0 bridgehead atoms. The normalized spacial score (nSPS) is 15.2. The van der Waals surface area contributed by atoms with Crippen LogP contribution in [-0.2, 0) is 9.53 Å². The molecule has 5 heteroatoms. The summed E-state index contributed by atoms with van der Waals surface area (Å²) in [4.78, 5) is 22.8. The number of rotatable bonds is 3. The van der Waals surface area contributed by atoms with E-state index in [1.807, 2.05) is 32.0 Å². The molecule has 0 atom stereocenters. The Bertz CT molecular complexity index is 954. The van der Waals surface area contributed by atoms with Gasteiger partial charge in [0.2, 0.25) is 0 Å². The van der Waals surface area contributed by atoms with Gasteiger partial charge < -0.3 is 4.74 Å². The number of hydrogen-bond acceptors (Lipinski definition) is 4. The molecule has 3 rings (SSSR count). The lowest BCUT2D eigenvalue weighted by molar-refractivity contribution is -0.385. The van der Waals surface area contributed by atoms with Crippen molar-refractivity contribution in [3.63, 3.8) is 0 Å². The van der Waals surface area contributed by atoms with Gasteiger partial charge in [-0.2, -0.15) is 0 Å². The summed E-state index contributed by atoms with van der Waals surface area (Å²) < 4.78 is 5.37. The highest BCUT2D eigenvalue weighted by atomic mass is 16.6. The number of aryl methyl sites for hydroxylation is 3. The van der Waals surface area contributed by atoms with Crippen molar-refractivity contribution in [3.8, 4) is 0 Å². The third-order valence-corrected chi connectivity index (χ3v) is 4.12. The first-order valence-corrected chi connectivity index (χ1v) is 7.83. The zero-order chi connectivity index (χ0) is 18.1. The summed E-state index contributed by atoms with van der Waals surface area (Å²) in [5, 5.41) is 11.1. The molecule has 0 aromatic heterocycles. The van der Waals surface area contributed by atoms with E-state index < -0.39 is 10.9 Å². The third-order valence-electron chi connectivity index (χ3n) is 4.12. The molecule has 1 aliphatic rings. The number of nitro benzene ring substituents is 1. The zero-order valence-corrected chi connectivity index (χ0v) is 14.2. The Morgan fingerprint density at radius 1 is 1.04 bits per heavy atom. The predicted molar refractivity (Wildman–Crippen MR) is 95.8 cm³/mol. The van der Waals surface area contributed by atoms with Crippen LogP contribution in [0.1, 0.15) is 27.8 Å². The van der Waals surface area contributed by atoms with Gasteiger partial charge in [0, 0.05) is 17.2 Å². The molecule has 0 amide bonds. The van der Waals surface area contributed by atoms with Crippen LogP contribution in [-0.4, -0.2) is 10.9 Å². The van der Waals surface area contributed by atoms with Gasteiger partial charge in [0.15, 0.2) is 0 Å². The number of benzene rings is 2. The van der Waals surface area contributed by atoms with Crippen molar-refractivity contribution in [2.75, 3.05) is 0 Å². The molecule has 0 unspecified atom stereocenters. The van der Waals surface area contributed by atoms with E-state index in [9.17, 15) is 14.9 Å². The first-order chi connectivity index (χ1) is 11.8. The second-order valence-corrected chi connectivity index (χ2v) is 6.12. The lowest BCUT2D eigenvalue weighted by Gasteiger charge is -2.06. The number of cyclic esters (lactones) is 1. The molecule has 0 radical (unpaired) electrons. The maximum Gasteiger partial charge on any atom is 0.343 e. The van der Waals surface area contributed by atoms with E-state index in [0.717, 1.165) is 16.7 Å². The molecule has 0 saturated heterocycles. The van der Waals surface area contributed by atoms with E-state index in [2.05, 4.69) is 0 Å². The van der Waals surface area contributed by atoms with Gasteiger partial charge in [0.25, 0.3) is 5.69 Å². The second-order valence-electron chi connectivity index (χ2n) is 6.12. The van der Waals surface area contributed by atoms with Crippen LogP contribution in [0.15, 0.2) is 48.0 Å². The number of nitro groups is 1. The van der Waals surface area contributed by atoms with Crippen LogP contribution in [0.25, 0.3) is 11.8 Å². The Morgan fingerprint density at radius 3 is 2.48 bits per heavy atom. The van der Waals surface area contributed by atoms with Crippen LogP contribution >= 0.6 is 0 Å². The average Bonchev–Trinajstić information content (AvgIpc) is 2.89. The van der Waals surface area contributed by atoms with Crippen molar-refractivity contribution in [1.29, 1.82) is 0 Å². The predicted octanol–water partition coefficient (Wildman–Crippen LogP) is 4.50. The van der Waals surface area contributed by atoms with Crippen molar-refractivity contribution in [1.82, 2.24) is 0 Å². The smallest absolute Gasteiger partial charge is 0.343 e. The highest BCUT2D eigenvalue weighted by molar-refractivity contribution is 6.05. The first-order valence-electron chi connectivity index (χ1n) is 7.83. The van der Waals surface area contributed by atoms with Crippen molar-refractivity contribution < 1.29 is 14.5 Å². The summed E-state index contributed by atoms with van der Waals surface area (Å²) in [6, 6.07) is 10.8. The third kappa shape index (κ3) is 3.35. The Kier molecular flexibility index (Phi) is 4.23. The van der Waals surface area contributed by atoms with Crippen LogP contribution in [0.3, 0.4) is 0 Å². The van der Waals surface area contributed by atoms with Gasteiger partial charge in [-0.25, -0.2) is 4.79 Å². The first kappa shape index (κ1) is 16.6. The minimum atomic E-state index is -0.460. The number of nitrogens with zero attached hydrogens (tertiary/aromatic N) is 1. The number of carbonyl (C=O) groups excluding carboxylic acids is 1. The fourth-order valence-corrected chi connectivity index (χ4v) is 2.80. The molecule has 25 heavy (non-hydrogen) atoms. The maximum atomic E-state index is 12.1. The largest absolute Gasteiger partial charge is 0.422 e. The Balaban J connectivity index is 1.99. The molecular formula is C20H17NO4. The fraction of sp³-hybridized carbons (Fsp3) is 0.150. The monoisotopic (exact) mass is 335 g/mol. The number of ether oxygens (including phenoxy) is 1. The van der Waals surface area contributed by atoms with E-state index in [4.69, 9.17) is 4.74 Å². The molecule has 126 valence electrons. The van der Waals surface area contributed by atoms with Gasteiger partial charge in [0.05, 0.1) is 10.5 Å². The molecule has 0 aliphatic carbocycles. The highest BCUT2D eigenvalue weighted by Gasteiger charge is 2.23. The topological polar surface area (TPSA) is 69.4 Å². The van der Waals surface area contributed by atoms with Crippen LogP contribution in [0.2, 0.25) is 0 Å². The molecular weight excluding hydrogens is 318 g/mol. The molecule has 1 aliphatic heterocycles. The van der Waals surface area contributed by atoms with Gasteiger partial charge in [-0.05, 0) is 44.1 Å². The standard InChI is InChI=1S/C20H17NO4/c1-12-4-7-17(14(3)8-12)19-11-16(20(22)25-19)9-15-6-5-13(2)18(10-15)21(23)24/h4-11H,1-3H3/b16-9-. The highest BCUT2D eigenvalue weighted by Crippen LogP contribution is 2.30. The number of carbonyl (C=O) groups is 1. The Labute approximate surface area is 145 Å². The van der Waals surface area contributed by atoms with Crippen molar-refractivity contribution in [3.05, 3.63) is 86.0 Å². The number of esters is 1. The minimum absolute atomic E-state index is 0.0271. The van der Waals surface area contributed by atoms with Crippen molar-refractivity contribution in [2.24, 2.45) is 0 Å². The summed E-state index contributed by atoms with van der Waals surface area (Å²) >= 11 is 0. The van der Waals surface area contributed by atoms with Crippen molar-refractivity contribution >= 4 is 23.5 Å². The zero-order valence-electron chi connectivity index (χ0n) is 14.2. The quantitative estimate of drug-likeness (QED) is 0.358. The van der Waals surface area contributed by atoms with Gasteiger partial charge >= 0.3 is 5.97 Å². The molecule has 0 saturated carbocycles. The molecule has 2 aromatic rings. The lowest BCUT2D eigenvalue weighted by Crippen LogP contribution is -1.98. The minimum Gasteiger partial charge on any atom is -0.422 e. The molecule has 0 spiro atoms. The van der Waals surface area contributed by atoms with Crippen LogP contribution < -0.4 is 0 Å².